The van der Waals surface area contributed by atoms with Crippen molar-refractivity contribution >= 4 is 0 Å². The van der Waals surface area contributed by atoms with Crippen molar-refractivity contribution in [3.8, 4) is 0 Å². The molecule has 2 aliphatic heterocycles. The number of rotatable bonds is 6. The second-order valence-electron chi connectivity index (χ2n) is 9.42. The van der Waals surface area contributed by atoms with Crippen molar-refractivity contribution in [3.63, 3.8) is 0 Å². The van der Waals surface area contributed by atoms with Crippen molar-refractivity contribution in [2.45, 2.75) is 38.8 Å². The second-order valence-corrected chi connectivity index (χ2v) is 9.42. The monoisotopic (exact) mass is 420 g/mol. The van der Waals surface area contributed by atoms with Crippen LogP contribution in [0.15, 0.2) is 48.8 Å². The van der Waals surface area contributed by atoms with E-state index in [0.717, 1.165) is 44.4 Å². The minimum Gasteiger partial charge on any atom is -0.298 e. The third-order valence-electron chi connectivity index (χ3n) is 6.66. The first-order valence-corrected chi connectivity index (χ1v) is 11.0. The zero-order valence-corrected chi connectivity index (χ0v) is 18.1. The van der Waals surface area contributed by atoms with E-state index in [2.05, 4.69) is 69.2 Å². The SMILES string of the molecule is CC(C)c1n[nH]c(C2CN(Cc3ccccc3)CC23CN(Cc2ccncc2F)C3)n1. The minimum atomic E-state index is -0.228. The van der Waals surface area contributed by atoms with E-state index < -0.39 is 0 Å². The van der Waals surface area contributed by atoms with Crippen LogP contribution in [0.5, 0.6) is 0 Å². The fourth-order valence-corrected chi connectivity index (χ4v) is 5.16. The van der Waals surface area contributed by atoms with Crippen LogP contribution >= 0.6 is 0 Å². The van der Waals surface area contributed by atoms with Gasteiger partial charge in [0.05, 0.1) is 6.20 Å². The van der Waals surface area contributed by atoms with Gasteiger partial charge in [-0.25, -0.2) is 9.37 Å². The van der Waals surface area contributed by atoms with Crippen molar-refractivity contribution in [2.24, 2.45) is 5.41 Å². The summed E-state index contributed by atoms with van der Waals surface area (Å²) in [6.45, 7) is 9.63. The molecule has 2 aliphatic rings. The number of benzene rings is 1. The molecule has 0 aliphatic carbocycles. The number of H-pyrrole nitrogens is 1. The molecule has 5 rings (SSSR count). The van der Waals surface area contributed by atoms with Gasteiger partial charge in [0.1, 0.15) is 11.6 Å². The van der Waals surface area contributed by atoms with Crippen molar-refractivity contribution in [2.75, 3.05) is 26.2 Å². The molecular weight excluding hydrogens is 391 g/mol. The molecule has 1 unspecified atom stereocenters. The van der Waals surface area contributed by atoms with E-state index in [1.54, 1.807) is 12.3 Å². The molecule has 3 aromatic rings. The van der Waals surface area contributed by atoms with E-state index in [1.807, 2.05) is 0 Å². The highest BCUT2D eigenvalue weighted by molar-refractivity contribution is 5.21. The normalized spacial score (nSPS) is 21.1. The number of hydrogen-bond donors (Lipinski definition) is 1. The van der Waals surface area contributed by atoms with Crippen molar-refractivity contribution in [3.05, 3.63) is 77.4 Å². The maximum atomic E-state index is 14.1. The summed E-state index contributed by atoms with van der Waals surface area (Å²) in [4.78, 5) is 13.6. The van der Waals surface area contributed by atoms with Crippen LogP contribution in [0.2, 0.25) is 0 Å². The summed E-state index contributed by atoms with van der Waals surface area (Å²) in [5.74, 6) is 2.25. The zero-order chi connectivity index (χ0) is 21.4. The first-order valence-electron chi connectivity index (χ1n) is 11.0. The number of aromatic amines is 1. The highest BCUT2D eigenvalue weighted by atomic mass is 19.1. The number of halogens is 1. The average Bonchev–Trinajstić information content (AvgIpc) is 3.35. The van der Waals surface area contributed by atoms with Crippen LogP contribution in [-0.4, -0.2) is 56.1 Å². The summed E-state index contributed by atoms with van der Waals surface area (Å²) < 4.78 is 14.1. The van der Waals surface area contributed by atoms with E-state index in [1.165, 1.54) is 11.8 Å². The van der Waals surface area contributed by atoms with Crippen LogP contribution in [0.4, 0.5) is 4.39 Å². The Bertz CT molecular complexity index is 1030. The number of nitrogens with zero attached hydrogens (tertiary/aromatic N) is 5. The van der Waals surface area contributed by atoms with Crippen LogP contribution in [0.3, 0.4) is 0 Å². The molecule has 0 amide bonds. The molecule has 1 N–H and O–H groups in total. The van der Waals surface area contributed by atoms with Crippen molar-refractivity contribution < 1.29 is 4.39 Å². The molecule has 6 nitrogen and oxygen atoms in total. The van der Waals surface area contributed by atoms with Gasteiger partial charge in [0, 0.05) is 68.3 Å². The Morgan fingerprint density at radius 2 is 1.87 bits per heavy atom. The fraction of sp³-hybridized carbons (Fsp3) is 0.458. The predicted octanol–water partition coefficient (Wildman–Crippen LogP) is 3.56. The Morgan fingerprint density at radius 1 is 1.10 bits per heavy atom. The summed E-state index contributed by atoms with van der Waals surface area (Å²) >= 11 is 0. The topological polar surface area (TPSA) is 60.9 Å². The molecule has 162 valence electrons. The molecular formula is C24H29FN6. The molecule has 1 spiro atoms. The van der Waals surface area contributed by atoms with Gasteiger partial charge in [0.2, 0.25) is 0 Å². The average molecular weight is 421 g/mol. The summed E-state index contributed by atoms with van der Waals surface area (Å²) in [6, 6.07) is 12.4. The Kier molecular flexibility index (Phi) is 5.32. The number of aromatic nitrogens is 4. The molecule has 0 radical (unpaired) electrons. The smallest absolute Gasteiger partial charge is 0.153 e. The predicted molar refractivity (Wildman–Crippen MR) is 117 cm³/mol. The molecule has 1 aromatic carbocycles. The third-order valence-corrected chi connectivity index (χ3v) is 6.66. The lowest BCUT2D eigenvalue weighted by atomic mass is 9.71. The zero-order valence-electron chi connectivity index (χ0n) is 18.1. The fourth-order valence-electron chi connectivity index (χ4n) is 5.16. The molecule has 0 bridgehead atoms. The van der Waals surface area contributed by atoms with E-state index in [-0.39, 0.29) is 11.2 Å². The Morgan fingerprint density at radius 3 is 2.58 bits per heavy atom. The van der Waals surface area contributed by atoms with Gasteiger partial charge in [0.25, 0.3) is 0 Å². The lowest BCUT2D eigenvalue weighted by molar-refractivity contribution is -0.0117. The largest absolute Gasteiger partial charge is 0.298 e. The molecule has 2 fully saturated rings. The van der Waals surface area contributed by atoms with Crippen LogP contribution < -0.4 is 0 Å². The van der Waals surface area contributed by atoms with Gasteiger partial charge in [-0.15, -0.1) is 0 Å². The summed E-state index contributed by atoms with van der Waals surface area (Å²) in [7, 11) is 0. The highest BCUT2D eigenvalue weighted by Gasteiger charge is 2.55. The Labute approximate surface area is 182 Å². The van der Waals surface area contributed by atoms with Crippen LogP contribution in [0.1, 0.15) is 48.5 Å². The van der Waals surface area contributed by atoms with Gasteiger partial charge in [0.15, 0.2) is 5.82 Å². The van der Waals surface area contributed by atoms with Crippen LogP contribution in [-0.2, 0) is 13.1 Å². The Balaban J connectivity index is 1.35. The van der Waals surface area contributed by atoms with Crippen LogP contribution in [0.25, 0.3) is 0 Å². The van der Waals surface area contributed by atoms with Gasteiger partial charge >= 0.3 is 0 Å². The van der Waals surface area contributed by atoms with Gasteiger partial charge in [-0.05, 0) is 11.6 Å². The van der Waals surface area contributed by atoms with E-state index in [0.29, 0.717) is 23.9 Å². The van der Waals surface area contributed by atoms with Gasteiger partial charge < -0.3 is 0 Å². The molecule has 7 heteroatoms. The third kappa shape index (κ3) is 4.00. The maximum absolute atomic E-state index is 14.1. The molecule has 31 heavy (non-hydrogen) atoms. The highest BCUT2D eigenvalue weighted by Crippen LogP contribution is 2.49. The first kappa shape index (κ1) is 20.3. The maximum Gasteiger partial charge on any atom is 0.153 e. The lowest BCUT2D eigenvalue weighted by Crippen LogP contribution is -2.59. The minimum absolute atomic E-state index is 0.117. The molecule has 2 aromatic heterocycles. The molecule has 4 heterocycles. The second kappa shape index (κ2) is 8.13. The quantitative estimate of drug-likeness (QED) is 0.661. The lowest BCUT2D eigenvalue weighted by Gasteiger charge is -2.50. The molecule has 2 saturated heterocycles. The summed E-state index contributed by atoms with van der Waals surface area (Å²) in [5.41, 5.74) is 2.16. The first-order chi connectivity index (χ1) is 15.0. The van der Waals surface area contributed by atoms with E-state index in [4.69, 9.17) is 4.98 Å². The summed E-state index contributed by atoms with van der Waals surface area (Å²) in [6.07, 6.45) is 2.96. The molecule has 1 atom stereocenters. The van der Waals surface area contributed by atoms with Crippen molar-refractivity contribution in [1.29, 1.82) is 0 Å². The van der Waals surface area contributed by atoms with Gasteiger partial charge in [-0.1, -0.05) is 44.2 Å². The number of pyridine rings is 1. The van der Waals surface area contributed by atoms with Crippen molar-refractivity contribution in [1.82, 2.24) is 30.0 Å². The van der Waals surface area contributed by atoms with E-state index >= 15 is 0 Å². The van der Waals surface area contributed by atoms with Gasteiger partial charge in [-0.3, -0.25) is 19.9 Å². The number of hydrogen-bond acceptors (Lipinski definition) is 5. The van der Waals surface area contributed by atoms with E-state index in [9.17, 15) is 4.39 Å². The summed E-state index contributed by atoms with van der Waals surface area (Å²) in [5, 5.41) is 7.70. The van der Waals surface area contributed by atoms with Gasteiger partial charge in [-0.2, -0.15) is 5.10 Å². The van der Waals surface area contributed by atoms with Crippen LogP contribution in [0, 0.1) is 11.2 Å². The number of likely N-dealkylation sites (tertiary alicyclic amines) is 2. The number of nitrogens with one attached hydrogen (secondary N) is 1. The Hall–Kier alpha value is -2.64. The molecule has 0 saturated carbocycles. The standard InChI is InChI=1S/C24H29FN6/c1-17(2)22-27-23(29-28-22)20-13-30(11-18-6-4-3-5-7-18)14-24(20)15-31(16-24)12-19-8-9-26-10-21(19)25/h3-10,17,20H,11-16H2,1-2H3,(H,27,28,29).